The number of hydrogen-bond donors (Lipinski definition) is 1. The number of guanidine groups is 1. The lowest BCUT2D eigenvalue weighted by Crippen LogP contribution is -2.52. The van der Waals surface area contributed by atoms with Gasteiger partial charge >= 0.3 is 0 Å². The van der Waals surface area contributed by atoms with E-state index in [1.54, 1.807) is 6.26 Å². The number of aromatic nitrogens is 1. The van der Waals surface area contributed by atoms with Gasteiger partial charge in [-0.3, -0.25) is 9.89 Å². The Labute approximate surface area is 138 Å². The van der Waals surface area contributed by atoms with Crippen LogP contribution in [0.5, 0.6) is 0 Å². The van der Waals surface area contributed by atoms with Gasteiger partial charge in [0.05, 0.1) is 5.69 Å². The van der Waals surface area contributed by atoms with Crippen LogP contribution in [-0.4, -0.2) is 85.7 Å². The first kappa shape index (κ1) is 16.3. The van der Waals surface area contributed by atoms with Gasteiger partial charge in [0, 0.05) is 58.9 Å². The Morgan fingerprint density at radius 2 is 2.17 bits per heavy atom. The van der Waals surface area contributed by atoms with E-state index >= 15 is 0 Å². The van der Waals surface area contributed by atoms with E-state index in [1.807, 2.05) is 13.1 Å². The van der Waals surface area contributed by atoms with Gasteiger partial charge in [0.1, 0.15) is 6.26 Å². The molecule has 1 aromatic heterocycles. The number of likely N-dealkylation sites (tertiary alicyclic amines) is 1. The first-order valence-corrected chi connectivity index (χ1v) is 8.50. The van der Waals surface area contributed by atoms with E-state index < -0.39 is 0 Å². The molecule has 0 aliphatic carbocycles. The largest absolute Gasteiger partial charge is 0.364 e. The summed E-state index contributed by atoms with van der Waals surface area (Å²) >= 11 is 0. The highest BCUT2D eigenvalue weighted by Gasteiger charge is 2.23. The SMILES string of the molecule is CN=C(NCC1CCN(C)C1)N1CCN(Cc2ccon2)CC1. The molecule has 0 amide bonds. The molecule has 3 rings (SSSR count). The van der Waals surface area contributed by atoms with Crippen molar-refractivity contribution in [2.45, 2.75) is 13.0 Å². The lowest BCUT2D eigenvalue weighted by molar-refractivity contribution is 0.168. The lowest BCUT2D eigenvalue weighted by Gasteiger charge is -2.36. The Bertz CT molecular complexity index is 495. The third-order valence-corrected chi connectivity index (χ3v) is 4.80. The Morgan fingerprint density at radius 1 is 1.35 bits per heavy atom. The number of hydrogen-bond acceptors (Lipinski definition) is 5. The molecule has 2 aliphatic heterocycles. The molecule has 0 aromatic carbocycles. The molecule has 0 bridgehead atoms. The summed E-state index contributed by atoms with van der Waals surface area (Å²) < 4.78 is 4.90. The minimum absolute atomic E-state index is 0.741. The van der Waals surface area contributed by atoms with Crippen molar-refractivity contribution in [1.29, 1.82) is 0 Å². The van der Waals surface area contributed by atoms with Crippen molar-refractivity contribution in [2.75, 3.05) is 59.9 Å². The molecule has 2 saturated heterocycles. The van der Waals surface area contributed by atoms with Crippen molar-refractivity contribution in [3.05, 3.63) is 18.0 Å². The van der Waals surface area contributed by atoms with E-state index in [4.69, 9.17) is 4.52 Å². The monoisotopic (exact) mass is 320 g/mol. The quantitative estimate of drug-likeness (QED) is 0.637. The summed E-state index contributed by atoms with van der Waals surface area (Å²) in [6.45, 7) is 8.35. The van der Waals surface area contributed by atoms with Crippen LogP contribution in [0, 0.1) is 5.92 Å². The highest BCUT2D eigenvalue weighted by molar-refractivity contribution is 5.80. The van der Waals surface area contributed by atoms with Crippen LogP contribution in [0.4, 0.5) is 0 Å². The number of nitrogens with zero attached hydrogens (tertiary/aromatic N) is 5. The molecular weight excluding hydrogens is 292 g/mol. The number of aliphatic imine (C=N–C) groups is 1. The average Bonchev–Trinajstić information content (AvgIpc) is 3.21. The predicted molar refractivity (Wildman–Crippen MR) is 90.3 cm³/mol. The maximum Gasteiger partial charge on any atom is 0.193 e. The van der Waals surface area contributed by atoms with E-state index in [-0.39, 0.29) is 0 Å². The van der Waals surface area contributed by atoms with Crippen LogP contribution in [-0.2, 0) is 6.54 Å². The van der Waals surface area contributed by atoms with Gasteiger partial charge in [0.15, 0.2) is 5.96 Å². The van der Waals surface area contributed by atoms with Crippen molar-refractivity contribution in [3.8, 4) is 0 Å². The van der Waals surface area contributed by atoms with Crippen molar-refractivity contribution in [2.24, 2.45) is 10.9 Å². The first-order valence-electron chi connectivity index (χ1n) is 8.50. The van der Waals surface area contributed by atoms with Gasteiger partial charge in [-0.1, -0.05) is 5.16 Å². The number of nitrogens with one attached hydrogen (secondary N) is 1. The molecule has 2 aliphatic rings. The second kappa shape index (κ2) is 7.79. The minimum Gasteiger partial charge on any atom is -0.364 e. The standard InChI is InChI=1S/C16H28N6O/c1-17-16(18-11-14-3-5-20(2)12-14)22-8-6-21(7-9-22)13-15-4-10-23-19-15/h4,10,14H,3,5-9,11-13H2,1-2H3,(H,17,18). The van der Waals surface area contributed by atoms with Gasteiger partial charge in [0.2, 0.25) is 0 Å². The molecule has 3 heterocycles. The Morgan fingerprint density at radius 3 is 2.78 bits per heavy atom. The van der Waals surface area contributed by atoms with Crippen LogP contribution in [0.25, 0.3) is 0 Å². The van der Waals surface area contributed by atoms with Crippen LogP contribution < -0.4 is 5.32 Å². The molecule has 2 fully saturated rings. The predicted octanol–water partition coefficient (Wildman–Crippen LogP) is 0.319. The maximum atomic E-state index is 4.90. The van der Waals surface area contributed by atoms with Crippen LogP contribution in [0.1, 0.15) is 12.1 Å². The van der Waals surface area contributed by atoms with Gasteiger partial charge in [-0.05, 0) is 25.9 Å². The third-order valence-electron chi connectivity index (χ3n) is 4.80. The maximum absolute atomic E-state index is 4.90. The lowest BCUT2D eigenvalue weighted by atomic mass is 10.1. The van der Waals surface area contributed by atoms with Crippen LogP contribution in [0.15, 0.2) is 21.8 Å². The normalized spacial score (nSPS) is 24.3. The van der Waals surface area contributed by atoms with Crippen molar-refractivity contribution in [3.63, 3.8) is 0 Å². The molecule has 0 saturated carbocycles. The fourth-order valence-electron chi connectivity index (χ4n) is 3.43. The van der Waals surface area contributed by atoms with E-state index in [9.17, 15) is 0 Å². The van der Waals surface area contributed by atoms with Crippen molar-refractivity contribution < 1.29 is 4.52 Å². The summed E-state index contributed by atoms with van der Waals surface area (Å²) in [5, 5.41) is 7.56. The summed E-state index contributed by atoms with van der Waals surface area (Å²) in [7, 11) is 4.08. The van der Waals surface area contributed by atoms with Crippen LogP contribution >= 0.6 is 0 Å². The Hall–Kier alpha value is -1.60. The zero-order chi connectivity index (χ0) is 16.1. The molecule has 23 heavy (non-hydrogen) atoms. The fraction of sp³-hybridized carbons (Fsp3) is 0.750. The van der Waals surface area contributed by atoms with E-state index in [0.717, 1.165) is 56.8 Å². The molecule has 0 radical (unpaired) electrons. The van der Waals surface area contributed by atoms with E-state index in [2.05, 4.69) is 37.2 Å². The third kappa shape index (κ3) is 4.45. The molecule has 0 spiro atoms. The summed E-state index contributed by atoms with van der Waals surface area (Å²) in [5.41, 5.74) is 1.01. The van der Waals surface area contributed by atoms with Gasteiger partial charge in [0.25, 0.3) is 0 Å². The van der Waals surface area contributed by atoms with Crippen molar-refractivity contribution in [1.82, 2.24) is 25.2 Å². The smallest absolute Gasteiger partial charge is 0.193 e. The van der Waals surface area contributed by atoms with Crippen LogP contribution in [0.2, 0.25) is 0 Å². The van der Waals surface area contributed by atoms with Gasteiger partial charge in [-0.15, -0.1) is 0 Å². The van der Waals surface area contributed by atoms with Gasteiger partial charge in [-0.2, -0.15) is 0 Å². The highest BCUT2D eigenvalue weighted by atomic mass is 16.5. The summed E-state index contributed by atoms with van der Waals surface area (Å²) in [5.74, 6) is 1.78. The van der Waals surface area contributed by atoms with Crippen LogP contribution in [0.3, 0.4) is 0 Å². The molecule has 1 atom stereocenters. The minimum atomic E-state index is 0.741. The number of rotatable bonds is 4. The summed E-state index contributed by atoms with van der Waals surface area (Å²) in [6, 6.07) is 1.94. The zero-order valence-electron chi connectivity index (χ0n) is 14.2. The molecule has 128 valence electrons. The Kier molecular flexibility index (Phi) is 5.51. The summed E-state index contributed by atoms with van der Waals surface area (Å²) in [6.07, 6.45) is 2.92. The molecule has 7 nitrogen and oxygen atoms in total. The molecule has 1 aromatic rings. The number of piperazine rings is 1. The van der Waals surface area contributed by atoms with Gasteiger partial charge in [-0.25, -0.2) is 0 Å². The topological polar surface area (TPSA) is 60.1 Å². The first-order chi connectivity index (χ1) is 11.2. The fourth-order valence-corrected chi connectivity index (χ4v) is 3.43. The van der Waals surface area contributed by atoms with E-state index in [1.165, 1.54) is 19.5 Å². The molecule has 1 N–H and O–H groups in total. The molecule has 7 heteroatoms. The van der Waals surface area contributed by atoms with E-state index in [0.29, 0.717) is 0 Å². The molecular formula is C16H28N6O. The highest BCUT2D eigenvalue weighted by Crippen LogP contribution is 2.13. The second-order valence-electron chi connectivity index (χ2n) is 6.60. The molecule has 1 unspecified atom stereocenters. The van der Waals surface area contributed by atoms with Crippen molar-refractivity contribution >= 4 is 5.96 Å². The zero-order valence-corrected chi connectivity index (χ0v) is 14.2. The summed E-state index contributed by atoms with van der Waals surface area (Å²) in [4.78, 5) is 11.6. The average molecular weight is 320 g/mol. The van der Waals surface area contributed by atoms with Gasteiger partial charge < -0.3 is 19.6 Å². The Balaban J connectivity index is 1.42. The second-order valence-corrected chi connectivity index (χ2v) is 6.60.